The van der Waals surface area contributed by atoms with E-state index in [9.17, 15) is 14.4 Å². The third kappa shape index (κ3) is 3.27. The number of carbonyl (C=O) groups is 3. The molecule has 112 valence electrons. The van der Waals surface area contributed by atoms with Gasteiger partial charge in [0.05, 0.1) is 17.9 Å². The van der Waals surface area contributed by atoms with Gasteiger partial charge >= 0.3 is 5.97 Å². The molecule has 2 heterocycles. The molecular weight excluding hydrogens is 264 g/mol. The SMILES string of the molecule is CN1CC(C(=O)NC2(CC(=O)O)CCOCC2)CC1=O. The maximum atomic E-state index is 12.3. The summed E-state index contributed by atoms with van der Waals surface area (Å²) in [6.45, 7) is 1.28. The molecule has 0 aromatic rings. The van der Waals surface area contributed by atoms with Gasteiger partial charge in [0.2, 0.25) is 11.8 Å². The molecular formula is C13H20N2O5. The van der Waals surface area contributed by atoms with Gasteiger partial charge in [0.1, 0.15) is 0 Å². The van der Waals surface area contributed by atoms with E-state index >= 15 is 0 Å². The maximum Gasteiger partial charge on any atom is 0.305 e. The van der Waals surface area contributed by atoms with E-state index in [1.165, 1.54) is 4.90 Å². The number of ether oxygens (including phenoxy) is 1. The van der Waals surface area contributed by atoms with Gasteiger partial charge in [0, 0.05) is 33.2 Å². The van der Waals surface area contributed by atoms with E-state index in [0.29, 0.717) is 32.6 Å². The number of nitrogens with one attached hydrogen (secondary N) is 1. The highest BCUT2D eigenvalue weighted by atomic mass is 16.5. The highest BCUT2D eigenvalue weighted by molar-refractivity contribution is 5.89. The monoisotopic (exact) mass is 284 g/mol. The number of hydrogen-bond donors (Lipinski definition) is 2. The summed E-state index contributed by atoms with van der Waals surface area (Å²) in [5, 5.41) is 11.9. The van der Waals surface area contributed by atoms with E-state index in [-0.39, 0.29) is 30.6 Å². The van der Waals surface area contributed by atoms with Crippen molar-refractivity contribution in [3.8, 4) is 0 Å². The van der Waals surface area contributed by atoms with E-state index in [2.05, 4.69) is 5.32 Å². The van der Waals surface area contributed by atoms with Crippen molar-refractivity contribution in [2.45, 2.75) is 31.2 Å². The fraction of sp³-hybridized carbons (Fsp3) is 0.769. The molecule has 2 rings (SSSR count). The molecule has 0 aliphatic carbocycles. The van der Waals surface area contributed by atoms with Crippen LogP contribution in [0.15, 0.2) is 0 Å². The topological polar surface area (TPSA) is 95.9 Å². The van der Waals surface area contributed by atoms with Crippen LogP contribution in [0.2, 0.25) is 0 Å². The van der Waals surface area contributed by atoms with Crippen molar-refractivity contribution in [1.29, 1.82) is 0 Å². The highest BCUT2D eigenvalue weighted by Crippen LogP contribution is 2.26. The number of carboxylic acid groups (broad SMARTS) is 1. The molecule has 0 radical (unpaired) electrons. The number of rotatable bonds is 4. The number of likely N-dealkylation sites (tertiary alicyclic amines) is 1. The minimum atomic E-state index is -0.938. The van der Waals surface area contributed by atoms with Gasteiger partial charge in [-0.3, -0.25) is 14.4 Å². The zero-order valence-electron chi connectivity index (χ0n) is 11.6. The fourth-order valence-electron chi connectivity index (χ4n) is 2.80. The summed E-state index contributed by atoms with van der Waals surface area (Å²) in [5.74, 6) is -1.61. The Bertz CT molecular complexity index is 417. The second-order valence-corrected chi connectivity index (χ2v) is 5.63. The Kier molecular flexibility index (Phi) is 4.27. The Hall–Kier alpha value is -1.63. The molecule has 7 nitrogen and oxygen atoms in total. The van der Waals surface area contributed by atoms with E-state index in [1.807, 2.05) is 0 Å². The Labute approximate surface area is 117 Å². The van der Waals surface area contributed by atoms with Crippen molar-refractivity contribution in [3.63, 3.8) is 0 Å². The van der Waals surface area contributed by atoms with Crippen molar-refractivity contribution in [1.82, 2.24) is 10.2 Å². The first-order chi connectivity index (χ1) is 9.42. The van der Waals surface area contributed by atoms with Crippen LogP contribution in [0.3, 0.4) is 0 Å². The van der Waals surface area contributed by atoms with Gasteiger partial charge in [-0.1, -0.05) is 0 Å². The Morgan fingerprint density at radius 2 is 2.10 bits per heavy atom. The van der Waals surface area contributed by atoms with Crippen LogP contribution in [0.4, 0.5) is 0 Å². The Morgan fingerprint density at radius 1 is 1.45 bits per heavy atom. The molecule has 2 amide bonds. The normalized spacial score (nSPS) is 25.6. The molecule has 0 saturated carbocycles. The van der Waals surface area contributed by atoms with Gasteiger partial charge < -0.3 is 20.1 Å². The largest absolute Gasteiger partial charge is 0.481 e. The van der Waals surface area contributed by atoms with Crippen LogP contribution in [0.25, 0.3) is 0 Å². The summed E-state index contributed by atoms with van der Waals surface area (Å²) in [5.41, 5.74) is -0.745. The molecule has 1 atom stereocenters. The van der Waals surface area contributed by atoms with Crippen LogP contribution < -0.4 is 5.32 Å². The quantitative estimate of drug-likeness (QED) is 0.732. The standard InChI is InChI=1S/C13H20N2O5/c1-15-8-9(6-10(15)16)12(19)14-13(7-11(17)18)2-4-20-5-3-13/h9H,2-8H2,1H3,(H,14,19)(H,17,18). The van der Waals surface area contributed by atoms with Crippen LogP contribution in [0, 0.1) is 5.92 Å². The molecule has 1 unspecified atom stereocenters. The van der Waals surface area contributed by atoms with E-state index in [1.54, 1.807) is 7.05 Å². The zero-order chi connectivity index (χ0) is 14.8. The minimum absolute atomic E-state index is 0.0515. The number of nitrogens with zero attached hydrogens (tertiary/aromatic N) is 1. The lowest BCUT2D eigenvalue weighted by atomic mass is 9.86. The molecule has 0 bridgehead atoms. The second-order valence-electron chi connectivity index (χ2n) is 5.63. The van der Waals surface area contributed by atoms with E-state index in [0.717, 1.165) is 0 Å². The van der Waals surface area contributed by atoms with Crippen LogP contribution in [0.1, 0.15) is 25.7 Å². The van der Waals surface area contributed by atoms with Crippen LogP contribution in [0.5, 0.6) is 0 Å². The van der Waals surface area contributed by atoms with Crippen molar-refractivity contribution in [3.05, 3.63) is 0 Å². The average molecular weight is 284 g/mol. The van der Waals surface area contributed by atoms with Gasteiger partial charge in [0.15, 0.2) is 0 Å². The predicted molar refractivity (Wildman–Crippen MR) is 68.9 cm³/mol. The average Bonchev–Trinajstić information content (AvgIpc) is 2.69. The predicted octanol–water partition coefficient (Wildman–Crippen LogP) is -0.395. The summed E-state index contributed by atoms with van der Waals surface area (Å²) in [6.07, 6.45) is 1.06. The van der Waals surface area contributed by atoms with Crippen LogP contribution in [-0.2, 0) is 19.1 Å². The molecule has 0 spiro atoms. The molecule has 2 N–H and O–H groups in total. The molecule has 2 aliphatic rings. The zero-order valence-corrected chi connectivity index (χ0v) is 11.6. The molecule has 2 saturated heterocycles. The lowest BCUT2D eigenvalue weighted by molar-refractivity contribution is -0.141. The molecule has 0 aromatic heterocycles. The van der Waals surface area contributed by atoms with Gasteiger partial charge in [-0.25, -0.2) is 0 Å². The van der Waals surface area contributed by atoms with Gasteiger partial charge in [-0.05, 0) is 12.8 Å². The third-order valence-electron chi connectivity index (χ3n) is 4.04. The Morgan fingerprint density at radius 3 is 2.60 bits per heavy atom. The third-order valence-corrected chi connectivity index (χ3v) is 4.04. The first kappa shape index (κ1) is 14.8. The van der Waals surface area contributed by atoms with Crippen LogP contribution >= 0.6 is 0 Å². The maximum absolute atomic E-state index is 12.3. The van der Waals surface area contributed by atoms with Gasteiger partial charge in [-0.2, -0.15) is 0 Å². The van der Waals surface area contributed by atoms with E-state index < -0.39 is 11.5 Å². The minimum Gasteiger partial charge on any atom is -0.481 e. The van der Waals surface area contributed by atoms with Gasteiger partial charge in [-0.15, -0.1) is 0 Å². The summed E-state index contributed by atoms with van der Waals surface area (Å²) >= 11 is 0. The van der Waals surface area contributed by atoms with E-state index in [4.69, 9.17) is 9.84 Å². The molecule has 0 aromatic carbocycles. The molecule has 7 heteroatoms. The van der Waals surface area contributed by atoms with Crippen molar-refractivity contribution in [2.24, 2.45) is 5.92 Å². The fourth-order valence-corrected chi connectivity index (χ4v) is 2.80. The van der Waals surface area contributed by atoms with Crippen molar-refractivity contribution >= 4 is 17.8 Å². The first-order valence-electron chi connectivity index (χ1n) is 6.77. The lowest BCUT2D eigenvalue weighted by Gasteiger charge is -2.37. The summed E-state index contributed by atoms with van der Waals surface area (Å²) in [7, 11) is 1.66. The summed E-state index contributed by atoms with van der Waals surface area (Å²) in [6, 6.07) is 0. The van der Waals surface area contributed by atoms with Crippen molar-refractivity contribution in [2.75, 3.05) is 26.8 Å². The van der Waals surface area contributed by atoms with Gasteiger partial charge in [0.25, 0.3) is 0 Å². The molecule has 20 heavy (non-hydrogen) atoms. The number of carbonyl (C=O) groups excluding carboxylic acids is 2. The van der Waals surface area contributed by atoms with Crippen molar-refractivity contribution < 1.29 is 24.2 Å². The highest BCUT2D eigenvalue weighted by Gasteiger charge is 2.40. The number of carboxylic acids is 1. The number of aliphatic carboxylic acids is 1. The molecule has 2 aliphatic heterocycles. The lowest BCUT2D eigenvalue weighted by Crippen LogP contribution is -2.54. The number of hydrogen-bond acceptors (Lipinski definition) is 4. The Balaban J connectivity index is 2.02. The number of amides is 2. The summed E-state index contributed by atoms with van der Waals surface area (Å²) < 4.78 is 5.24. The smallest absolute Gasteiger partial charge is 0.305 e. The molecule has 2 fully saturated rings. The first-order valence-corrected chi connectivity index (χ1v) is 6.77. The summed E-state index contributed by atoms with van der Waals surface area (Å²) in [4.78, 5) is 36.3. The van der Waals surface area contributed by atoms with Crippen LogP contribution in [-0.4, -0.2) is 60.1 Å². The second kappa shape index (κ2) is 5.78.